The maximum absolute atomic E-state index is 12.9. The molecule has 0 aliphatic heterocycles. The quantitative estimate of drug-likeness (QED) is 0.649. The van der Waals surface area contributed by atoms with Crippen molar-refractivity contribution in [2.24, 2.45) is 11.8 Å². The van der Waals surface area contributed by atoms with E-state index < -0.39 is 30.1 Å². The van der Waals surface area contributed by atoms with Gasteiger partial charge in [-0.1, -0.05) is 63.4 Å². The highest BCUT2D eigenvalue weighted by Gasteiger charge is 2.34. The van der Waals surface area contributed by atoms with Crippen LogP contribution in [0.2, 0.25) is 0 Å². The first kappa shape index (κ1) is 22.7. The highest BCUT2D eigenvalue weighted by molar-refractivity contribution is 5.90. The summed E-state index contributed by atoms with van der Waals surface area (Å²) in [7, 11) is 1.32. The monoisotopic (exact) mass is 404 g/mol. The minimum atomic E-state index is -0.811. The third kappa shape index (κ3) is 7.07. The number of ether oxygens (including phenoxy) is 2. The largest absolute Gasteiger partial charge is 0.467 e. The Morgan fingerprint density at radius 1 is 1.03 bits per heavy atom. The number of methoxy groups -OCH3 is 1. The predicted octanol–water partition coefficient (Wildman–Crippen LogP) is 3.18. The van der Waals surface area contributed by atoms with Crippen LogP contribution in [0, 0.1) is 11.8 Å². The summed E-state index contributed by atoms with van der Waals surface area (Å²) in [5.41, 5.74) is 0.858. The Kier molecular flexibility index (Phi) is 8.96. The van der Waals surface area contributed by atoms with Gasteiger partial charge in [0.05, 0.1) is 7.11 Å². The van der Waals surface area contributed by atoms with Crippen molar-refractivity contribution in [3.8, 4) is 0 Å². The molecule has 0 spiro atoms. The SMILES string of the molecule is COC(=O)[C@H](NC(=O)[C@H](NC(=O)OCc1ccccc1)C(C)C)C1CCCCC1. The minimum absolute atomic E-state index is 0.0537. The Balaban J connectivity index is 1.97. The lowest BCUT2D eigenvalue weighted by molar-refractivity contribution is -0.147. The fraction of sp³-hybridized carbons (Fsp3) is 0.591. The Hall–Kier alpha value is -2.57. The number of esters is 1. The first-order valence-corrected chi connectivity index (χ1v) is 10.3. The lowest BCUT2D eigenvalue weighted by Crippen LogP contribution is -2.56. The van der Waals surface area contributed by atoms with Crippen LogP contribution >= 0.6 is 0 Å². The van der Waals surface area contributed by atoms with E-state index in [1.807, 2.05) is 44.2 Å². The van der Waals surface area contributed by atoms with E-state index in [4.69, 9.17) is 9.47 Å². The molecule has 0 unspecified atom stereocenters. The molecule has 1 aliphatic carbocycles. The van der Waals surface area contributed by atoms with Crippen LogP contribution in [0.3, 0.4) is 0 Å². The van der Waals surface area contributed by atoms with Crippen molar-refractivity contribution < 1.29 is 23.9 Å². The van der Waals surface area contributed by atoms with Crippen LogP contribution in [0.4, 0.5) is 4.79 Å². The smallest absolute Gasteiger partial charge is 0.408 e. The zero-order chi connectivity index (χ0) is 21.2. The van der Waals surface area contributed by atoms with Crippen molar-refractivity contribution in [1.82, 2.24) is 10.6 Å². The highest BCUT2D eigenvalue weighted by atomic mass is 16.5. The number of carbonyl (C=O) groups is 3. The predicted molar refractivity (Wildman–Crippen MR) is 109 cm³/mol. The number of alkyl carbamates (subject to hydrolysis) is 1. The van der Waals surface area contributed by atoms with Gasteiger partial charge in [0, 0.05) is 0 Å². The van der Waals surface area contributed by atoms with Gasteiger partial charge in [0.25, 0.3) is 0 Å². The number of benzene rings is 1. The molecule has 1 aliphatic rings. The summed E-state index contributed by atoms with van der Waals surface area (Å²) in [4.78, 5) is 37.4. The van der Waals surface area contributed by atoms with E-state index in [-0.39, 0.29) is 18.4 Å². The summed E-state index contributed by atoms with van der Waals surface area (Å²) in [6.45, 7) is 3.77. The molecule has 1 aromatic rings. The van der Waals surface area contributed by atoms with E-state index in [1.165, 1.54) is 7.11 Å². The first-order valence-electron chi connectivity index (χ1n) is 10.3. The molecule has 2 rings (SSSR count). The molecule has 1 fully saturated rings. The van der Waals surface area contributed by atoms with Crippen LogP contribution in [-0.4, -0.2) is 37.2 Å². The molecule has 29 heavy (non-hydrogen) atoms. The lowest BCUT2D eigenvalue weighted by atomic mass is 9.83. The van der Waals surface area contributed by atoms with Crippen molar-refractivity contribution >= 4 is 18.0 Å². The second-order valence-electron chi connectivity index (χ2n) is 7.84. The number of nitrogens with one attached hydrogen (secondary N) is 2. The van der Waals surface area contributed by atoms with E-state index in [9.17, 15) is 14.4 Å². The molecule has 1 aromatic carbocycles. The normalized spacial score (nSPS) is 16.6. The third-order valence-electron chi connectivity index (χ3n) is 5.31. The zero-order valence-corrected chi connectivity index (χ0v) is 17.5. The molecule has 2 N–H and O–H groups in total. The van der Waals surface area contributed by atoms with E-state index in [1.54, 1.807) is 0 Å². The number of amides is 2. The van der Waals surface area contributed by atoms with Crippen LogP contribution in [0.5, 0.6) is 0 Å². The Labute approximate surface area is 172 Å². The number of rotatable bonds is 8. The minimum Gasteiger partial charge on any atom is -0.467 e. The molecule has 2 atom stereocenters. The maximum Gasteiger partial charge on any atom is 0.408 e. The van der Waals surface area contributed by atoms with Gasteiger partial charge < -0.3 is 20.1 Å². The van der Waals surface area contributed by atoms with Crippen molar-refractivity contribution in [3.05, 3.63) is 35.9 Å². The van der Waals surface area contributed by atoms with Gasteiger partial charge in [-0.3, -0.25) is 4.79 Å². The number of hydrogen-bond donors (Lipinski definition) is 2. The number of hydrogen-bond acceptors (Lipinski definition) is 5. The van der Waals surface area contributed by atoms with Crippen LogP contribution in [0.1, 0.15) is 51.5 Å². The Morgan fingerprint density at radius 2 is 1.69 bits per heavy atom. The molecule has 0 radical (unpaired) electrons. The number of carbonyl (C=O) groups excluding carboxylic acids is 3. The third-order valence-corrected chi connectivity index (χ3v) is 5.31. The van der Waals surface area contributed by atoms with Crippen LogP contribution in [0.15, 0.2) is 30.3 Å². The molecule has 160 valence electrons. The summed E-state index contributed by atoms with van der Waals surface area (Å²) >= 11 is 0. The topological polar surface area (TPSA) is 93.7 Å². The molecule has 0 heterocycles. The first-order chi connectivity index (χ1) is 13.9. The Bertz CT molecular complexity index is 671. The van der Waals surface area contributed by atoms with Crippen LogP contribution < -0.4 is 10.6 Å². The molecule has 7 heteroatoms. The van der Waals surface area contributed by atoms with Gasteiger partial charge in [-0.15, -0.1) is 0 Å². The average Bonchev–Trinajstić information content (AvgIpc) is 2.74. The van der Waals surface area contributed by atoms with Crippen molar-refractivity contribution in [3.63, 3.8) is 0 Å². The summed E-state index contributed by atoms with van der Waals surface area (Å²) in [6, 6.07) is 7.80. The summed E-state index contributed by atoms with van der Waals surface area (Å²) in [5.74, 6) is -0.973. The lowest BCUT2D eigenvalue weighted by Gasteiger charge is -2.31. The fourth-order valence-corrected chi connectivity index (χ4v) is 3.63. The van der Waals surface area contributed by atoms with Crippen molar-refractivity contribution in [2.45, 2.75) is 64.6 Å². The molecular weight excluding hydrogens is 372 g/mol. The van der Waals surface area contributed by atoms with Gasteiger partial charge in [-0.05, 0) is 30.2 Å². The van der Waals surface area contributed by atoms with Gasteiger partial charge in [0.1, 0.15) is 18.7 Å². The van der Waals surface area contributed by atoms with E-state index in [0.717, 1.165) is 37.7 Å². The van der Waals surface area contributed by atoms with Gasteiger partial charge in [0.2, 0.25) is 5.91 Å². The second-order valence-corrected chi connectivity index (χ2v) is 7.84. The molecule has 7 nitrogen and oxygen atoms in total. The standard InChI is InChI=1S/C22H32N2O5/c1-15(2)18(24-22(27)29-14-16-10-6-4-7-11-16)20(25)23-19(21(26)28-3)17-12-8-5-9-13-17/h4,6-7,10-11,15,17-19H,5,8-9,12-14H2,1-3H3,(H,23,25)(H,24,27)/t18-,19-/m1/s1. The van der Waals surface area contributed by atoms with Crippen molar-refractivity contribution in [2.75, 3.05) is 7.11 Å². The molecule has 0 saturated heterocycles. The second kappa shape index (κ2) is 11.4. The molecule has 1 saturated carbocycles. The van der Waals surface area contributed by atoms with Gasteiger partial charge in [-0.25, -0.2) is 9.59 Å². The molecule has 0 aromatic heterocycles. The summed E-state index contributed by atoms with van der Waals surface area (Å²) in [6.07, 6.45) is 4.28. The summed E-state index contributed by atoms with van der Waals surface area (Å²) in [5, 5.41) is 5.44. The molecule has 2 amide bonds. The van der Waals surface area contributed by atoms with E-state index >= 15 is 0 Å². The summed E-state index contributed by atoms with van der Waals surface area (Å²) < 4.78 is 10.1. The van der Waals surface area contributed by atoms with Crippen LogP contribution in [0.25, 0.3) is 0 Å². The highest BCUT2D eigenvalue weighted by Crippen LogP contribution is 2.27. The van der Waals surface area contributed by atoms with E-state index in [0.29, 0.717) is 0 Å². The van der Waals surface area contributed by atoms with Gasteiger partial charge in [-0.2, -0.15) is 0 Å². The molecule has 0 bridgehead atoms. The molecular formula is C22H32N2O5. The van der Waals surface area contributed by atoms with Gasteiger partial charge >= 0.3 is 12.1 Å². The van der Waals surface area contributed by atoms with Crippen LogP contribution in [-0.2, 0) is 25.7 Å². The fourth-order valence-electron chi connectivity index (χ4n) is 3.63. The average molecular weight is 405 g/mol. The van der Waals surface area contributed by atoms with E-state index in [2.05, 4.69) is 10.6 Å². The van der Waals surface area contributed by atoms with Crippen molar-refractivity contribution in [1.29, 1.82) is 0 Å². The zero-order valence-electron chi connectivity index (χ0n) is 17.5. The Morgan fingerprint density at radius 3 is 2.28 bits per heavy atom. The van der Waals surface area contributed by atoms with Gasteiger partial charge in [0.15, 0.2) is 0 Å². The maximum atomic E-state index is 12.9.